The summed E-state index contributed by atoms with van der Waals surface area (Å²) in [6, 6.07) is 19.5. The fraction of sp³-hybridized carbons (Fsp3) is 0.250. The number of hydrogen-bond donors (Lipinski definition) is 1. The molecule has 0 bridgehead atoms. The minimum atomic E-state index is -4.04. The van der Waals surface area contributed by atoms with Crippen LogP contribution < -0.4 is 9.46 Å². The molecule has 0 fully saturated rings. The van der Waals surface area contributed by atoms with Gasteiger partial charge < -0.3 is 9.30 Å². The van der Waals surface area contributed by atoms with Gasteiger partial charge in [0.2, 0.25) is 0 Å². The lowest BCUT2D eigenvalue weighted by atomic mass is 10.0. The Morgan fingerprint density at radius 3 is 2.28 bits per heavy atom. The van der Waals surface area contributed by atoms with E-state index in [-0.39, 0.29) is 23.1 Å². The maximum absolute atomic E-state index is 13.2. The summed E-state index contributed by atoms with van der Waals surface area (Å²) in [4.78, 5) is 13.2. The molecule has 0 radical (unpaired) electrons. The first-order valence-electron chi connectivity index (χ1n) is 11.7. The molecule has 3 aromatic carbocycles. The second kappa shape index (κ2) is 10.4. The van der Waals surface area contributed by atoms with Gasteiger partial charge in [-0.25, -0.2) is 13.1 Å². The molecule has 4 aromatic rings. The molecule has 1 amide bonds. The summed E-state index contributed by atoms with van der Waals surface area (Å²) in [5, 5.41) is 1.54. The van der Waals surface area contributed by atoms with Gasteiger partial charge in [0, 0.05) is 15.9 Å². The lowest BCUT2D eigenvalue weighted by Crippen LogP contribution is -2.32. The molecule has 0 saturated carbocycles. The summed E-state index contributed by atoms with van der Waals surface area (Å²) in [5.41, 5.74) is 3.92. The van der Waals surface area contributed by atoms with Crippen molar-refractivity contribution < 1.29 is 17.9 Å². The lowest BCUT2D eigenvalue weighted by molar-refractivity contribution is 0.0972. The Kier molecular flexibility index (Phi) is 7.43. The normalized spacial score (nSPS) is 11.7. The molecule has 36 heavy (non-hydrogen) atoms. The van der Waals surface area contributed by atoms with Gasteiger partial charge in [-0.2, -0.15) is 0 Å². The topological polar surface area (TPSA) is 77.4 Å². The van der Waals surface area contributed by atoms with Gasteiger partial charge >= 0.3 is 0 Å². The average Bonchev–Trinajstić information content (AvgIpc) is 3.21. The molecule has 4 rings (SSSR count). The van der Waals surface area contributed by atoms with Crippen LogP contribution in [0.15, 0.2) is 71.6 Å². The standard InChI is InChI=1S/C28H29ClN2O4S/c1-18(2)21-9-11-24(12-10-21)36(33,34)30-28(32)26-17-22-7-5-6-8-25(22)31(26)13-14-35-23-15-19(3)27(29)20(4)16-23/h5-12,15-18H,13-14H2,1-4H3,(H,30,32). The third kappa shape index (κ3) is 5.42. The van der Waals surface area contributed by atoms with E-state index in [2.05, 4.69) is 4.72 Å². The summed E-state index contributed by atoms with van der Waals surface area (Å²) in [5.74, 6) is 0.261. The highest BCUT2D eigenvalue weighted by atomic mass is 35.5. The molecule has 1 aromatic heterocycles. The van der Waals surface area contributed by atoms with E-state index in [1.54, 1.807) is 22.8 Å². The molecule has 6 nitrogen and oxygen atoms in total. The van der Waals surface area contributed by atoms with Crippen LogP contribution in [-0.4, -0.2) is 25.5 Å². The zero-order chi connectivity index (χ0) is 26.0. The predicted molar refractivity (Wildman–Crippen MR) is 144 cm³/mol. The fourth-order valence-electron chi connectivity index (χ4n) is 4.15. The summed E-state index contributed by atoms with van der Waals surface area (Å²) in [7, 11) is -4.04. The number of rotatable bonds is 8. The van der Waals surface area contributed by atoms with Crippen LogP contribution in [0.4, 0.5) is 0 Å². The van der Waals surface area contributed by atoms with E-state index in [4.69, 9.17) is 16.3 Å². The third-order valence-corrected chi connectivity index (χ3v) is 8.06. The minimum Gasteiger partial charge on any atom is -0.492 e. The van der Waals surface area contributed by atoms with Gasteiger partial charge in [0.05, 0.1) is 11.4 Å². The van der Waals surface area contributed by atoms with Crippen LogP contribution in [0.2, 0.25) is 5.02 Å². The van der Waals surface area contributed by atoms with Gasteiger partial charge in [-0.1, -0.05) is 55.8 Å². The number of para-hydroxylation sites is 1. The fourth-order valence-corrected chi connectivity index (χ4v) is 5.22. The number of benzene rings is 3. The Bertz CT molecular complexity index is 1500. The van der Waals surface area contributed by atoms with E-state index in [9.17, 15) is 13.2 Å². The third-order valence-electron chi connectivity index (χ3n) is 6.12. The number of nitrogens with one attached hydrogen (secondary N) is 1. The largest absolute Gasteiger partial charge is 0.492 e. The molecule has 1 heterocycles. The lowest BCUT2D eigenvalue weighted by Gasteiger charge is -2.14. The van der Waals surface area contributed by atoms with E-state index >= 15 is 0 Å². The van der Waals surface area contributed by atoms with E-state index < -0.39 is 15.9 Å². The summed E-state index contributed by atoms with van der Waals surface area (Å²) >= 11 is 6.25. The van der Waals surface area contributed by atoms with E-state index in [1.165, 1.54) is 12.1 Å². The Balaban J connectivity index is 1.57. The molecule has 0 aliphatic heterocycles. The van der Waals surface area contributed by atoms with Crippen LogP contribution in [0, 0.1) is 13.8 Å². The molecule has 0 atom stereocenters. The molecular formula is C28H29ClN2O4S. The number of carbonyl (C=O) groups excluding carboxylic acids is 1. The summed E-state index contributed by atoms with van der Waals surface area (Å²) < 4.78 is 35.8. The maximum Gasteiger partial charge on any atom is 0.281 e. The molecule has 8 heteroatoms. The molecule has 0 aliphatic rings. The summed E-state index contributed by atoms with van der Waals surface area (Å²) in [6.07, 6.45) is 0. The van der Waals surface area contributed by atoms with Gasteiger partial charge in [0.1, 0.15) is 18.1 Å². The monoisotopic (exact) mass is 524 g/mol. The van der Waals surface area contributed by atoms with Crippen molar-refractivity contribution in [2.24, 2.45) is 0 Å². The van der Waals surface area contributed by atoms with E-state index in [0.717, 1.165) is 27.6 Å². The number of sulfonamides is 1. The van der Waals surface area contributed by atoms with Gasteiger partial charge in [-0.3, -0.25) is 4.79 Å². The van der Waals surface area contributed by atoms with Crippen molar-refractivity contribution in [3.63, 3.8) is 0 Å². The highest BCUT2D eigenvalue weighted by Gasteiger charge is 2.22. The van der Waals surface area contributed by atoms with Crippen molar-refractivity contribution in [3.05, 3.63) is 94.1 Å². The molecule has 188 valence electrons. The van der Waals surface area contributed by atoms with Gasteiger partial charge in [0.25, 0.3) is 15.9 Å². The van der Waals surface area contributed by atoms with Crippen molar-refractivity contribution in [1.29, 1.82) is 0 Å². The number of aryl methyl sites for hydroxylation is 2. The number of aromatic nitrogens is 1. The van der Waals surface area contributed by atoms with Crippen LogP contribution in [0.3, 0.4) is 0 Å². The Morgan fingerprint density at radius 1 is 1.00 bits per heavy atom. The van der Waals surface area contributed by atoms with Crippen LogP contribution in [0.1, 0.15) is 46.9 Å². The van der Waals surface area contributed by atoms with Crippen molar-refractivity contribution in [2.75, 3.05) is 6.61 Å². The van der Waals surface area contributed by atoms with Crippen molar-refractivity contribution in [3.8, 4) is 5.75 Å². The van der Waals surface area contributed by atoms with Gasteiger partial charge in [0.15, 0.2) is 0 Å². The highest BCUT2D eigenvalue weighted by molar-refractivity contribution is 7.90. The first-order valence-corrected chi connectivity index (χ1v) is 13.6. The van der Waals surface area contributed by atoms with Crippen molar-refractivity contribution in [1.82, 2.24) is 9.29 Å². The van der Waals surface area contributed by atoms with E-state index in [0.29, 0.717) is 17.3 Å². The van der Waals surface area contributed by atoms with Crippen LogP contribution in [0.5, 0.6) is 5.75 Å². The predicted octanol–water partition coefficient (Wildman–Crippen LogP) is 6.23. The molecule has 1 N–H and O–H groups in total. The van der Waals surface area contributed by atoms with Crippen LogP contribution in [-0.2, 0) is 16.6 Å². The van der Waals surface area contributed by atoms with Crippen molar-refractivity contribution in [2.45, 2.75) is 45.1 Å². The first kappa shape index (κ1) is 25.8. The van der Waals surface area contributed by atoms with Crippen molar-refractivity contribution >= 4 is 38.4 Å². The van der Waals surface area contributed by atoms with Gasteiger partial charge in [-0.15, -0.1) is 0 Å². The first-order chi connectivity index (χ1) is 17.1. The smallest absolute Gasteiger partial charge is 0.281 e. The number of nitrogens with zero attached hydrogens (tertiary/aromatic N) is 1. The number of carbonyl (C=O) groups is 1. The minimum absolute atomic E-state index is 0.0414. The number of amides is 1. The average molecular weight is 525 g/mol. The van der Waals surface area contributed by atoms with Crippen LogP contribution in [0.25, 0.3) is 10.9 Å². The Hall–Kier alpha value is -3.29. The van der Waals surface area contributed by atoms with Gasteiger partial charge in [-0.05, 0) is 72.9 Å². The quantitative estimate of drug-likeness (QED) is 0.296. The number of fused-ring (bicyclic) bond motifs is 1. The zero-order valence-corrected chi connectivity index (χ0v) is 22.3. The maximum atomic E-state index is 13.2. The second-order valence-corrected chi connectivity index (χ2v) is 11.2. The highest BCUT2D eigenvalue weighted by Crippen LogP contribution is 2.26. The second-order valence-electron chi connectivity index (χ2n) is 9.12. The molecule has 0 saturated heterocycles. The Morgan fingerprint density at radius 2 is 1.64 bits per heavy atom. The SMILES string of the molecule is Cc1cc(OCCn2c(C(=O)NS(=O)(=O)c3ccc(C(C)C)cc3)cc3ccccc32)cc(C)c1Cl. The molecule has 0 spiro atoms. The number of hydrogen-bond acceptors (Lipinski definition) is 4. The molecular weight excluding hydrogens is 496 g/mol. The molecule has 0 aliphatic carbocycles. The molecule has 0 unspecified atom stereocenters. The Labute approximate surface area is 216 Å². The zero-order valence-electron chi connectivity index (χ0n) is 20.7. The van der Waals surface area contributed by atoms with E-state index in [1.807, 2.05) is 64.1 Å². The van der Waals surface area contributed by atoms with Crippen LogP contribution >= 0.6 is 11.6 Å². The number of ether oxygens (including phenoxy) is 1. The summed E-state index contributed by atoms with van der Waals surface area (Å²) in [6.45, 7) is 8.52. The number of halogens is 1.